The summed E-state index contributed by atoms with van der Waals surface area (Å²) in [5.41, 5.74) is 1.23. The molecule has 0 saturated carbocycles. The zero-order valence-electron chi connectivity index (χ0n) is 11.0. The average molecular weight is 236 g/mol. The van der Waals surface area contributed by atoms with E-state index in [1.54, 1.807) is 0 Å². The molecule has 1 fully saturated rings. The quantitative estimate of drug-likeness (QED) is 0.819. The zero-order valence-corrected chi connectivity index (χ0v) is 11.0. The van der Waals surface area contributed by atoms with E-state index in [2.05, 4.69) is 27.1 Å². The molecule has 0 aromatic carbocycles. The fourth-order valence-electron chi connectivity index (χ4n) is 2.47. The van der Waals surface area contributed by atoms with Crippen LogP contribution in [0, 0.1) is 5.92 Å². The molecule has 0 bridgehead atoms. The molecule has 1 saturated heterocycles. The number of aryl methyl sites for hydroxylation is 1. The van der Waals surface area contributed by atoms with Crippen molar-refractivity contribution in [1.82, 2.24) is 15.3 Å². The molecule has 0 amide bonds. The van der Waals surface area contributed by atoms with Crippen LogP contribution in [0.25, 0.3) is 0 Å². The predicted molar refractivity (Wildman–Crippen MR) is 71.4 cm³/mol. The van der Waals surface area contributed by atoms with Gasteiger partial charge in [0.1, 0.15) is 0 Å². The Bertz CT molecular complexity index is 326. The highest BCUT2D eigenvalue weighted by molar-refractivity contribution is 5.31. The summed E-state index contributed by atoms with van der Waals surface area (Å²) in [5, 5.41) is 3.24. The average Bonchev–Trinajstić information content (AvgIpc) is 2.86. The second-order valence-electron chi connectivity index (χ2n) is 4.91. The molecule has 4 nitrogen and oxygen atoms in total. The van der Waals surface area contributed by atoms with Gasteiger partial charge in [0, 0.05) is 18.8 Å². The first-order valence-electron chi connectivity index (χ1n) is 6.77. The van der Waals surface area contributed by atoms with Crippen LogP contribution in [0.4, 0.5) is 5.95 Å². The lowest BCUT2D eigenvalue weighted by atomic mass is 9.94. The van der Waals surface area contributed by atoms with Gasteiger partial charge in [0.25, 0.3) is 0 Å². The number of aromatic nitrogens is 2. The van der Waals surface area contributed by atoms with Gasteiger partial charge in [0.15, 0.2) is 0 Å². The van der Waals surface area contributed by atoms with Crippen molar-refractivity contribution in [1.29, 1.82) is 0 Å². The Morgan fingerprint density at radius 2 is 2.24 bits per heavy atom. The summed E-state index contributed by atoms with van der Waals surface area (Å²) in [5.74, 6) is 1.95. The van der Waals surface area contributed by atoms with Crippen LogP contribution in [0.5, 0.6) is 0 Å². The van der Waals surface area contributed by atoms with E-state index in [4.69, 9.17) is 0 Å². The molecule has 0 radical (unpaired) electrons. The standard InChI is InChI=1S/C13H24N4/c1-3-12-10-15-13(16-12)17-8-5-11(6-9-17)4-7-14-2/h10-11,14H,3-9H2,1-2H3,(H,15,16). The number of piperidine rings is 1. The normalized spacial score (nSPS) is 17.6. The van der Waals surface area contributed by atoms with Crippen molar-refractivity contribution in [2.45, 2.75) is 32.6 Å². The van der Waals surface area contributed by atoms with E-state index in [-0.39, 0.29) is 0 Å². The molecular formula is C13H24N4. The lowest BCUT2D eigenvalue weighted by Gasteiger charge is -2.31. The van der Waals surface area contributed by atoms with Crippen molar-refractivity contribution in [2.75, 3.05) is 31.6 Å². The summed E-state index contributed by atoms with van der Waals surface area (Å²) >= 11 is 0. The number of H-pyrrole nitrogens is 1. The van der Waals surface area contributed by atoms with E-state index in [1.807, 2.05) is 13.2 Å². The van der Waals surface area contributed by atoms with Crippen LogP contribution in [-0.2, 0) is 6.42 Å². The molecule has 0 unspecified atom stereocenters. The number of anilines is 1. The van der Waals surface area contributed by atoms with E-state index in [0.29, 0.717) is 0 Å². The molecule has 0 aliphatic carbocycles. The van der Waals surface area contributed by atoms with Crippen molar-refractivity contribution in [3.05, 3.63) is 11.9 Å². The number of hydrogen-bond acceptors (Lipinski definition) is 3. The highest BCUT2D eigenvalue weighted by Crippen LogP contribution is 2.23. The Kier molecular flexibility index (Phi) is 4.42. The molecule has 1 aliphatic heterocycles. The van der Waals surface area contributed by atoms with Gasteiger partial charge in [-0.2, -0.15) is 0 Å². The van der Waals surface area contributed by atoms with Gasteiger partial charge >= 0.3 is 0 Å². The fourth-order valence-corrected chi connectivity index (χ4v) is 2.47. The largest absolute Gasteiger partial charge is 0.342 e. The fraction of sp³-hybridized carbons (Fsp3) is 0.769. The predicted octanol–water partition coefficient (Wildman–Crippen LogP) is 1.80. The Morgan fingerprint density at radius 3 is 2.82 bits per heavy atom. The SMILES string of the molecule is CCc1cnc(N2CCC(CCNC)CC2)[nH]1. The number of imidazole rings is 1. The van der Waals surface area contributed by atoms with Crippen molar-refractivity contribution >= 4 is 5.95 Å². The van der Waals surface area contributed by atoms with E-state index < -0.39 is 0 Å². The zero-order chi connectivity index (χ0) is 12.1. The number of aromatic amines is 1. The van der Waals surface area contributed by atoms with Gasteiger partial charge < -0.3 is 15.2 Å². The third-order valence-corrected chi connectivity index (χ3v) is 3.71. The molecule has 0 spiro atoms. The van der Waals surface area contributed by atoms with E-state index in [1.165, 1.54) is 25.0 Å². The lowest BCUT2D eigenvalue weighted by molar-refractivity contribution is 0.376. The summed E-state index contributed by atoms with van der Waals surface area (Å²) in [6.07, 6.45) is 6.89. The van der Waals surface area contributed by atoms with Crippen LogP contribution in [0.3, 0.4) is 0 Å². The minimum absolute atomic E-state index is 0.888. The second-order valence-corrected chi connectivity index (χ2v) is 4.91. The molecule has 2 rings (SSSR count). The van der Waals surface area contributed by atoms with Gasteiger partial charge in [0.2, 0.25) is 5.95 Å². The number of nitrogens with zero attached hydrogens (tertiary/aromatic N) is 2. The van der Waals surface area contributed by atoms with Gasteiger partial charge in [-0.3, -0.25) is 0 Å². The molecule has 2 N–H and O–H groups in total. The van der Waals surface area contributed by atoms with Gasteiger partial charge in [0.05, 0.1) is 6.20 Å². The van der Waals surface area contributed by atoms with Crippen LogP contribution in [-0.4, -0.2) is 36.6 Å². The van der Waals surface area contributed by atoms with Crippen LogP contribution in [0.1, 0.15) is 31.9 Å². The molecule has 4 heteroatoms. The Morgan fingerprint density at radius 1 is 1.47 bits per heavy atom. The number of hydrogen-bond donors (Lipinski definition) is 2. The summed E-state index contributed by atoms with van der Waals surface area (Å²) in [6, 6.07) is 0. The third-order valence-electron chi connectivity index (χ3n) is 3.71. The minimum Gasteiger partial charge on any atom is -0.342 e. The van der Waals surface area contributed by atoms with E-state index in [9.17, 15) is 0 Å². The Balaban J connectivity index is 1.82. The topological polar surface area (TPSA) is 44.0 Å². The summed E-state index contributed by atoms with van der Waals surface area (Å²) in [6.45, 7) is 5.59. The molecular weight excluding hydrogens is 212 g/mol. The van der Waals surface area contributed by atoms with Crippen LogP contribution < -0.4 is 10.2 Å². The van der Waals surface area contributed by atoms with Crippen LogP contribution in [0.2, 0.25) is 0 Å². The smallest absolute Gasteiger partial charge is 0.202 e. The summed E-state index contributed by atoms with van der Waals surface area (Å²) in [4.78, 5) is 10.2. The van der Waals surface area contributed by atoms with Crippen LogP contribution in [0.15, 0.2) is 6.20 Å². The minimum atomic E-state index is 0.888. The summed E-state index contributed by atoms with van der Waals surface area (Å²) < 4.78 is 0. The molecule has 0 atom stereocenters. The van der Waals surface area contributed by atoms with Crippen molar-refractivity contribution in [3.8, 4) is 0 Å². The van der Waals surface area contributed by atoms with Crippen LogP contribution >= 0.6 is 0 Å². The molecule has 1 aromatic heterocycles. The molecule has 1 aromatic rings. The molecule has 2 heterocycles. The first-order valence-corrected chi connectivity index (χ1v) is 6.77. The van der Waals surface area contributed by atoms with Crippen molar-refractivity contribution in [2.24, 2.45) is 5.92 Å². The monoisotopic (exact) mass is 236 g/mol. The maximum atomic E-state index is 4.46. The van der Waals surface area contributed by atoms with Gasteiger partial charge in [-0.25, -0.2) is 4.98 Å². The van der Waals surface area contributed by atoms with E-state index >= 15 is 0 Å². The van der Waals surface area contributed by atoms with Crippen molar-refractivity contribution < 1.29 is 0 Å². The third kappa shape index (κ3) is 3.22. The molecule has 1 aliphatic rings. The van der Waals surface area contributed by atoms with Gasteiger partial charge in [-0.15, -0.1) is 0 Å². The van der Waals surface area contributed by atoms with E-state index in [0.717, 1.165) is 37.9 Å². The number of nitrogens with one attached hydrogen (secondary N) is 2. The highest BCUT2D eigenvalue weighted by Gasteiger charge is 2.20. The maximum absolute atomic E-state index is 4.46. The molecule has 96 valence electrons. The second kappa shape index (κ2) is 6.05. The lowest BCUT2D eigenvalue weighted by Crippen LogP contribution is -2.35. The van der Waals surface area contributed by atoms with Gasteiger partial charge in [-0.05, 0) is 45.2 Å². The first kappa shape index (κ1) is 12.4. The Hall–Kier alpha value is -1.03. The summed E-state index contributed by atoms with van der Waals surface area (Å²) in [7, 11) is 2.03. The number of rotatable bonds is 5. The molecule has 17 heavy (non-hydrogen) atoms. The van der Waals surface area contributed by atoms with Crippen molar-refractivity contribution in [3.63, 3.8) is 0 Å². The maximum Gasteiger partial charge on any atom is 0.202 e. The first-order chi connectivity index (χ1) is 8.33. The van der Waals surface area contributed by atoms with Gasteiger partial charge in [-0.1, -0.05) is 6.92 Å². The highest BCUT2D eigenvalue weighted by atomic mass is 15.3. The Labute approximate surface area is 104 Å².